The summed E-state index contributed by atoms with van der Waals surface area (Å²) >= 11 is 1.47. The van der Waals surface area contributed by atoms with Crippen LogP contribution in [0.4, 0.5) is 0 Å². The fourth-order valence-corrected chi connectivity index (χ4v) is 2.96. The number of thiophene rings is 1. The molecule has 0 aromatic carbocycles. The van der Waals surface area contributed by atoms with E-state index in [1.807, 2.05) is 13.0 Å². The average Bonchev–Trinajstić information content (AvgIpc) is 2.85. The molecule has 6 nitrogen and oxygen atoms in total. The van der Waals surface area contributed by atoms with Crippen molar-refractivity contribution in [3.8, 4) is 0 Å². The normalized spacial score (nSPS) is 11.1. The Bertz CT molecular complexity index is 437. The zero-order valence-electron chi connectivity index (χ0n) is 13.0. The highest BCUT2D eigenvalue weighted by Gasteiger charge is 2.14. The number of nitrogens with one attached hydrogen (secondary N) is 1. The molecule has 0 fully saturated rings. The number of hydrogen-bond acceptors (Lipinski definition) is 6. The summed E-state index contributed by atoms with van der Waals surface area (Å²) in [5.74, 6) is 4.94. The third-order valence-corrected chi connectivity index (χ3v) is 4.30. The molecule has 7 heteroatoms. The summed E-state index contributed by atoms with van der Waals surface area (Å²) < 4.78 is 10.3. The third-order valence-electron chi connectivity index (χ3n) is 3.20. The van der Waals surface area contributed by atoms with Crippen molar-refractivity contribution in [3.63, 3.8) is 0 Å². The molecule has 0 radical (unpaired) electrons. The minimum Gasteiger partial charge on any atom is -0.385 e. The van der Waals surface area contributed by atoms with Gasteiger partial charge in [-0.15, -0.1) is 11.3 Å². The molecule has 0 aliphatic carbocycles. The predicted molar refractivity (Wildman–Crippen MR) is 84.4 cm³/mol. The maximum atomic E-state index is 11.6. The lowest BCUT2D eigenvalue weighted by molar-refractivity contribution is 0.0957. The van der Waals surface area contributed by atoms with Crippen LogP contribution in [0.5, 0.6) is 0 Å². The number of nitrogens with zero attached hydrogens (tertiary/aromatic N) is 1. The van der Waals surface area contributed by atoms with Crippen LogP contribution >= 0.6 is 11.3 Å². The molecule has 0 unspecified atom stereocenters. The fourth-order valence-electron chi connectivity index (χ4n) is 2.02. The van der Waals surface area contributed by atoms with Crippen LogP contribution in [-0.4, -0.2) is 51.3 Å². The van der Waals surface area contributed by atoms with E-state index in [-0.39, 0.29) is 5.91 Å². The monoisotopic (exact) mass is 315 g/mol. The van der Waals surface area contributed by atoms with Gasteiger partial charge in [-0.25, -0.2) is 5.84 Å². The van der Waals surface area contributed by atoms with E-state index in [2.05, 4.69) is 10.3 Å². The number of ether oxygens (including phenoxy) is 2. The minimum atomic E-state index is -0.239. The summed E-state index contributed by atoms with van der Waals surface area (Å²) in [6.45, 7) is 6.04. The second kappa shape index (κ2) is 9.86. The van der Waals surface area contributed by atoms with E-state index >= 15 is 0 Å². The van der Waals surface area contributed by atoms with Crippen LogP contribution in [0.25, 0.3) is 0 Å². The van der Waals surface area contributed by atoms with Crippen LogP contribution in [0.1, 0.15) is 26.5 Å². The van der Waals surface area contributed by atoms with Gasteiger partial charge in [0.15, 0.2) is 0 Å². The molecular formula is C14H25N3O3S. The predicted octanol–water partition coefficient (Wildman–Crippen LogP) is 1.14. The van der Waals surface area contributed by atoms with Crippen LogP contribution in [0.15, 0.2) is 6.07 Å². The molecule has 1 heterocycles. The lowest BCUT2D eigenvalue weighted by Gasteiger charge is -2.21. The summed E-state index contributed by atoms with van der Waals surface area (Å²) in [5, 5.41) is 0. The molecule has 1 rings (SSSR count). The van der Waals surface area contributed by atoms with Crippen LogP contribution in [0, 0.1) is 6.92 Å². The van der Waals surface area contributed by atoms with Gasteiger partial charge in [-0.1, -0.05) is 0 Å². The van der Waals surface area contributed by atoms with Gasteiger partial charge in [0.05, 0.1) is 11.5 Å². The first-order valence-corrected chi connectivity index (χ1v) is 7.74. The zero-order valence-corrected chi connectivity index (χ0v) is 13.8. The minimum absolute atomic E-state index is 0.239. The number of carbonyl (C=O) groups excluding carboxylic acids is 1. The van der Waals surface area contributed by atoms with Gasteiger partial charge in [-0.3, -0.25) is 15.1 Å². The number of nitrogens with two attached hydrogens (primary N) is 1. The molecule has 0 saturated carbocycles. The van der Waals surface area contributed by atoms with Crippen LogP contribution in [-0.2, 0) is 16.0 Å². The first-order valence-electron chi connectivity index (χ1n) is 6.92. The molecule has 0 saturated heterocycles. The maximum Gasteiger partial charge on any atom is 0.275 e. The number of methoxy groups -OCH3 is 2. The zero-order chi connectivity index (χ0) is 15.7. The summed E-state index contributed by atoms with van der Waals surface area (Å²) in [6.07, 6.45) is 0.972. The van der Waals surface area contributed by atoms with Crippen molar-refractivity contribution in [2.75, 3.05) is 40.5 Å². The highest BCUT2D eigenvalue weighted by molar-refractivity contribution is 7.14. The van der Waals surface area contributed by atoms with Gasteiger partial charge < -0.3 is 9.47 Å². The summed E-state index contributed by atoms with van der Waals surface area (Å²) in [7, 11) is 3.41. The van der Waals surface area contributed by atoms with Crippen LogP contribution < -0.4 is 11.3 Å². The molecular weight excluding hydrogens is 290 g/mol. The number of rotatable bonds is 10. The third kappa shape index (κ3) is 6.11. The Hall–Kier alpha value is -0.990. The smallest absolute Gasteiger partial charge is 0.275 e. The lowest BCUT2D eigenvalue weighted by atomic mass is 10.2. The summed E-state index contributed by atoms with van der Waals surface area (Å²) in [5.41, 5.74) is 3.33. The molecule has 0 aliphatic rings. The van der Waals surface area contributed by atoms with E-state index in [0.717, 1.165) is 43.1 Å². The van der Waals surface area contributed by atoms with E-state index in [1.54, 1.807) is 14.2 Å². The number of nitrogen functional groups attached to an aromatic ring is 1. The molecule has 0 aliphatic heterocycles. The van der Waals surface area contributed by atoms with Crippen molar-refractivity contribution < 1.29 is 14.3 Å². The molecule has 0 spiro atoms. The molecule has 0 bridgehead atoms. The Labute approximate surface area is 130 Å². The van der Waals surface area contributed by atoms with Crippen molar-refractivity contribution in [1.82, 2.24) is 10.3 Å². The van der Waals surface area contributed by atoms with Gasteiger partial charge in [0.1, 0.15) is 0 Å². The standard InChI is InChI=1S/C14H25N3O3S/c1-11-12(9-13(21-11)14(18)16-15)10-17(6-8-20-3)5-4-7-19-2/h9H,4-8,10,15H2,1-3H3,(H,16,18). The van der Waals surface area contributed by atoms with Gasteiger partial charge in [-0.05, 0) is 25.0 Å². The van der Waals surface area contributed by atoms with Gasteiger partial charge >= 0.3 is 0 Å². The Morgan fingerprint density at radius 2 is 2.05 bits per heavy atom. The van der Waals surface area contributed by atoms with Gasteiger partial charge in [-0.2, -0.15) is 0 Å². The van der Waals surface area contributed by atoms with Gasteiger partial charge in [0.2, 0.25) is 0 Å². The topological polar surface area (TPSA) is 76.8 Å². The molecule has 21 heavy (non-hydrogen) atoms. The van der Waals surface area contributed by atoms with Gasteiger partial charge in [0, 0.05) is 45.3 Å². The van der Waals surface area contributed by atoms with Gasteiger partial charge in [0.25, 0.3) is 5.91 Å². The lowest BCUT2D eigenvalue weighted by Crippen LogP contribution is -2.29. The summed E-state index contributed by atoms with van der Waals surface area (Å²) in [6, 6.07) is 1.91. The first kappa shape index (κ1) is 18.1. The molecule has 1 aromatic heterocycles. The van der Waals surface area contributed by atoms with E-state index in [0.29, 0.717) is 11.5 Å². The Kier molecular flexibility index (Phi) is 8.48. The van der Waals surface area contributed by atoms with Crippen molar-refractivity contribution in [2.45, 2.75) is 19.9 Å². The van der Waals surface area contributed by atoms with E-state index in [9.17, 15) is 4.79 Å². The average molecular weight is 315 g/mol. The summed E-state index contributed by atoms with van der Waals surface area (Å²) in [4.78, 5) is 15.7. The van der Waals surface area contributed by atoms with E-state index in [1.165, 1.54) is 11.3 Å². The van der Waals surface area contributed by atoms with Crippen LogP contribution in [0.2, 0.25) is 0 Å². The molecule has 120 valence electrons. The Balaban J connectivity index is 2.67. The van der Waals surface area contributed by atoms with Crippen molar-refractivity contribution in [3.05, 3.63) is 21.4 Å². The SMILES string of the molecule is COCCCN(CCOC)Cc1cc(C(=O)NN)sc1C. The molecule has 3 N–H and O–H groups in total. The fraction of sp³-hybridized carbons (Fsp3) is 0.643. The van der Waals surface area contributed by atoms with Crippen LogP contribution in [0.3, 0.4) is 0 Å². The number of aryl methyl sites for hydroxylation is 1. The Morgan fingerprint density at radius 3 is 2.67 bits per heavy atom. The number of carbonyl (C=O) groups is 1. The number of amides is 1. The number of hydrazine groups is 1. The second-order valence-electron chi connectivity index (χ2n) is 4.78. The van der Waals surface area contributed by atoms with Crippen molar-refractivity contribution in [1.29, 1.82) is 0 Å². The highest BCUT2D eigenvalue weighted by atomic mass is 32.1. The van der Waals surface area contributed by atoms with E-state index < -0.39 is 0 Å². The van der Waals surface area contributed by atoms with Crippen molar-refractivity contribution in [2.24, 2.45) is 5.84 Å². The second-order valence-corrected chi connectivity index (χ2v) is 6.04. The number of hydrogen-bond donors (Lipinski definition) is 2. The molecule has 1 aromatic rings. The Morgan fingerprint density at radius 1 is 1.33 bits per heavy atom. The van der Waals surface area contributed by atoms with E-state index in [4.69, 9.17) is 15.3 Å². The largest absolute Gasteiger partial charge is 0.385 e. The maximum absolute atomic E-state index is 11.6. The molecule has 0 atom stereocenters. The first-order chi connectivity index (χ1) is 10.1. The highest BCUT2D eigenvalue weighted by Crippen LogP contribution is 2.23. The van der Waals surface area contributed by atoms with Crippen molar-refractivity contribution >= 4 is 17.2 Å². The molecule has 1 amide bonds. The quantitative estimate of drug-likeness (QED) is 0.293.